The van der Waals surface area contributed by atoms with Gasteiger partial charge in [0.15, 0.2) is 0 Å². The molecule has 0 amide bonds. The number of sulfonamides is 1. The molecule has 0 spiro atoms. The first-order valence-corrected chi connectivity index (χ1v) is 9.97. The molecule has 0 aromatic rings. The summed E-state index contributed by atoms with van der Waals surface area (Å²) in [6.07, 6.45) is 5.09. The quantitative estimate of drug-likeness (QED) is 0.765. The average Bonchev–Trinajstić information content (AvgIpc) is 2.97. The zero-order valence-corrected chi connectivity index (χ0v) is 14.0. The van der Waals surface area contributed by atoms with Crippen molar-refractivity contribution < 1.29 is 13.5 Å². The van der Waals surface area contributed by atoms with Gasteiger partial charge >= 0.3 is 0 Å². The molecule has 2 atom stereocenters. The van der Waals surface area contributed by atoms with Crippen LogP contribution in [0.2, 0.25) is 0 Å². The van der Waals surface area contributed by atoms with Crippen LogP contribution >= 0.6 is 0 Å². The molecule has 6 heteroatoms. The number of rotatable bonds is 7. The number of likely N-dealkylation sites (tertiary alicyclic amines) is 1. The van der Waals surface area contributed by atoms with Crippen molar-refractivity contribution in [1.82, 2.24) is 9.21 Å². The fourth-order valence-corrected chi connectivity index (χ4v) is 5.34. The Kier molecular flexibility index (Phi) is 6.47. The highest BCUT2D eigenvalue weighted by Gasteiger charge is 2.34. The van der Waals surface area contributed by atoms with Crippen LogP contribution in [0.5, 0.6) is 0 Å². The van der Waals surface area contributed by atoms with Gasteiger partial charge in [0.05, 0.1) is 5.75 Å². The molecule has 124 valence electrons. The summed E-state index contributed by atoms with van der Waals surface area (Å²) in [4.78, 5) is 2.45. The van der Waals surface area contributed by atoms with Crippen molar-refractivity contribution in [3.8, 4) is 0 Å². The molecule has 2 rings (SSSR count). The number of piperidine rings is 1. The SMILES string of the molecule is CCCCS(=O)(=O)N1C[C@@H](CN2CCCC2)C[C@H](CO)C1. The van der Waals surface area contributed by atoms with Crippen LogP contribution in [0.1, 0.15) is 39.0 Å². The summed E-state index contributed by atoms with van der Waals surface area (Å²) in [6, 6.07) is 0. The summed E-state index contributed by atoms with van der Waals surface area (Å²) in [5.41, 5.74) is 0. The van der Waals surface area contributed by atoms with Crippen molar-refractivity contribution in [3.63, 3.8) is 0 Å². The maximum Gasteiger partial charge on any atom is 0.214 e. The van der Waals surface area contributed by atoms with E-state index >= 15 is 0 Å². The predicted octanol–water partition coefficient (Wildman–Crippen LogP) is 1.14. The van der Waals surface area contributed by atoms with Crippen molar-refractivity contribution in [2.75, 3.05) is 45.1 Å². The average molecular weight is 318 g/mol. The maximum atomic E-state index is 12.4. The molecule has 2 fully saturated rings. The highest BCUT2D eigenvalue weighted by molar-refractivity contribution is 7.89. The fourth-order valence-electron chi connectivity index (χ4n) is 3.55. The number of nitrogens with zero attached hydrogens (tertiary/aromatic N) is 2. The molecule has 2 aliphatic heterocycles. The van der Waals surface area contributed by atoms with Crippen LogP contribution in [-0.2, 0) is 10.0 Å². The number of aliphatic hydroxyl groups excluding tert-OH is 1. The van der Waals surface area contributed by atoms with E-state index in [-0.39, 0.29) is 18.3 Å². The van der Waals surface area contributed by atoms with E-state index in [0.717, 1.165) is 38.9 Å². The van der Waals surface area contributed by atoms with Crippen molar-refractivity contribution in [2.45, 2.75) is 39.0 Å². The van der Waals surface area contributed by atoms with E-state index in [1.165, 1.54) is 12.8 Å². The summed E-state index contributed by atoms with van der Waals surface area (Å²) in [5.74, 6) is 0.714. The van der Waals surface area contributed by atoms with E-state index in [9.17, 15) is 13.5 Å². The van der Waals surface area contributed by atoms with Crippen LogP contribution in [0.15, 0.2) is 0 Å². The van der Waals surface area contributed by atoms with E-state index in [0.29, 0.717) is 19.0 Å². The van der Waals surface area contributed by atoms with E-state index in [2.05, 4.69) is 4.90 Å². The topological polar surface area (TPSA) is 60.9 Å². The minimum atomic E-state index is -3.15. The van der Waals surface area contributed by atoms with Gasteiger partial charge in [-0.2, -0.15) is 0 Å². The summed E-state index contributed by atoms with van der Waals surface area (Å²) in [6.45, 7) is 6.51. The second kappa shape index (κ2) is 7.90. The zero-order valence-electron chi connectivity index (χ0n) is 13.2. The van der Waals surface area contributed by atoms with Gasteiger partial charge in [-0.3, -0.25) is 0 Å². The summed E-state index contributed by atoms with van der Waals surface area (Å²) < 4.78 is 26.5. The van der Waals surface area contributed by atoms with Gasteiger partial charge in [0, 0.05) is 26.2 Å². The third-order valence-electron chi connectivity index (χ3n) is 4.71. The monoisotopic (exact) mass is 318 g/mol. The van der Waals surface area contributed by atoms with Gasteiger partial charge in [0.25, 0.3) is 0 Å². The maximum absolute atomic E-state index is 12.4. The molecule has 5 nitrogen and oxygen atoms in total. The molecule has 0 unspecified atom stereocenters. The molecule has 0 aromatic heterocycles. The van der Waals surface area contributed by atoms with E-state index in [1.807, 2.05) is 6.92 Å². The lowest BCUT2D eigenvalue weighted by Crippen LogP contribution is -2.48. The first-order chi connectivity index (χ1) is 10.0. The third-order valence-corrected chi connectivity index (χ3v) is 6.60. The van der Waals surface area contributed by atoms with Crippen LogP contribution in [-0.4, -0.2) is 67.8 Å². The number of hydrogen-bond acceptors (Lipinski definition) is 4. The minimum absolute atomic E-state index is 0.0935. The molecule has 2 saturated heterocycles. The molecular formula is C15H30N2O3S. The molecule has 1 N–H and O–H groups in total. The van der Waals surface area contributed by atoms with E-state index < -0.39 is 10.0 Å². The summed E-state index contributed by atoms with van der Waals surface area (Å²) in [7, 11) is -3.15. The van der Waals surface area contributed by atoms with Crippen LogP contribution in [0.4, 0.5) is 0 Å². The van der Waals surface area contributed by atoms with Crippen molar-refractivity contribution in [3.05, 3.63) is 0 Å². The Morgan fingerprint density at radius 2 is 1.81 bits per heavy atom. The number of hydrogen-bond donors (Lipinski definition) is 1. The predicted molar refractivity (Wildman–Crippen MR) is 84.6 cm³/mol. The molecule has 21 heavy (non-hydrogen) atoms. The smallest absolute Gasteiger partial charge is 0.214 e. The molecule has 0 aromatic carbocycles. The second-order valence-corrected chi connectivity index (χ2v) is 8.73. The zero-order chi connectivity index (χ0) is 15.3. The molecule has 2 aliphatic rings. The largest absolute Gasteiger partial charge is 0.396 e. The molecule has 0 aliphatic carbocycles. The molecule has 0 bridgehead atoms. The van der Waals surface area contributed by atoms with Crippen LogP contribution in [0.25, 0.3) is 0 Å². The van der Waals surface area contributed by atoms with E-state index in [1.54, 1.807) is 4.31 Å². The van der Waals surface area contributed by atoms with Gasteiger partial charge in [-0.25, -0.2) is 12.7 Å². The Morgan fingerprint density at radius 1 is 1.14 bits per heavy atom. The molecule has 2 heterocycles. The number of unbranched alkanes of at least 4 members (excludes halogenated alkanes) is 1. The Bertz CT molecular complexity index is 407. The van der Waals surface area contributed by atoms with Crippen LogP contribution in [0, 0.1) is 11.8 Å². The van der Waals surface area contributed by atoms with Gasteiger partial charge in [-0.05, 0) is 50.6 Å². The van der Waals surface area contributed by atoms with Crippen molar-refractivity contribution in [2.24, 2.45) is 11.8 Å². The lowest BCUT2D eigenvalue weighted by molar-refractivity contribution is 0.112. The Hall–Kier alpha value is -0.170. The second-order valence-electron chi connectivity index (χ2n) is 6.64. The van der Waals surface area contributed by atoms with Crippen LogP contribution in [0.3, 0.4) is 0 Å². The molecular weight excluding hydrogens is 288 g/mol. The fraction of sp³-hybridized carbons (Fsp3) is 1.00. The van der Waals surface area contributed by atoms with Gasteiger partial charge in [0.2, 0.25) is 10.0 Å². The minimum Gasteiger partial charge on any atom is -0.396 e. The first-order valence-electron chi connectivity index (χ1n) is 8.36. The standard InChI is InChI=1S/C15H30N2O3S/c1-2-3-8-21(19,20)17-11-14(9-15(12-17)13-18)10-16-6-4-5-7-16/h14-15,18H,2-13H2,1H3/t14-,15+/m1/s1. The third kappa shape index (κ3) is 4.91. The van der Waals surface area contributed by atoms with Crippen molar-refractivity contribution in [1.29, 1.82) is 0 Å². The highest BCUT2D eigenvalue weighted by atomic mass is 32.2. The summed E-state index contributed by atoms with van der Waals surface area (Å²) in [5, 5.41) is 9.49. The highest BCUT2D eigenvalue weighted by Crippen LogP contribution is 2.26. The summed E-state index contributed by atoms with van der Waals surface area (Å²) >= 11 is 0. The molecule has 0 saturated carbocycles. The van der Waals surface area contributed by atoms with E-state index in [4.69, 9.17) is 0 Å². The first kappa shape index (κ1) is 17.2. The Morgan fingerprint density at radius 3 is 2.43 bits per heavy atom. The lowest BCUT2D eigenvalue weighted by Gasteiger charge is -2.37. The van der Waals surface area contributed by atoms with Gasteiger partial charge in [-0.15, -0.1) is 0 Å². The van der Waals surface area contributed by atoms with Gasteiger partial charge in [-0.1, -0.05) is 13.3 Å². The Balaban J connectivity index is 1.97. The number of aliphatic hydroxyl groups is 1. The molecule has 0 radical (unpaired) electrons. The lowest BCUT2D eigenvalue weighted by atomic mass is 9.90. The van der Waals surface area contributed by atoms with Crippen LogP contribution < -0.4 is 0 Å². The normalized spacial score (nSPS) is 29.0. The van der Waals surface area contributed by atoms with Crippen molar-refractivity contribution >= 4 is 10.0 Å². The van der Waals surface area contributed by atoms with Gasteiger partial charge in [0.1, 0.15) is 0 Å². The Labute approximate surface area is 129 Å². The van der Waals surface area contributed by atoms with Gasteiger partial charge < -0.3 is 10.0 Å².